The number of aromatic nitrogens is 5. The van der Waals surface area contributed by atoms with E-state index in [1.807, 2.05) is 84.3 Å². The normalized spacial score (nSPS) is 11.3. The Morgan fingerprint density at radius 2 is 0.878 bits per heavy atom. The second-order valence-electron chi connectivity index (χ2n) is 11.7. The van der Waals surface area contributed by atoms with Crippen molar-refractivity contribution >= 4 is 31.5 Å². The maximum Gasteiger partial charge on any atom is 0.182 e. The predicted octanol–water partition coefficient (Wildman–Crippen LogP) is 11.0. The SMILES string of the molecule is c1ccc(-c2ccc(-c3nc(-c4ccccc4)nc(-c4cccc(-c5cccc6c5sc5c(-c7ccccc7)cccc56)n4)n3)nc2)cc1. The minimum Gasteiger partial charge on any atom is -0.252 e. The summed E-state index contributed by atoms with van der Waals surface area (Å²) < 4.78 is 2.47. The molecule has 0 radical (unpaired) electrons. The van der Waals surface area contributed by atoms with E-state index in [-0.39, 0.29) is 0 Å². The minimum absolute atomic E-state index is 0.495. The molecule has 0 unspecified atom stereocenters. The molecule has 0 saturated heterocycles. The highest BCUT2D eigenvalue weighted by molar-refractivity contribution is 7.26. The summed E-state index contributed by atoms with van der Waals surface area (Å²) in [7, 11) is 0. The average Bonchev–Trinajstić information content (AvgIpc) is 3.58. The Morgan fingerprint density at radius 3 is 1.55 bits per heavy atom. The fourth-order valence-corrected chi connectivity index (χ4v) is 7.58. The van der Waals surface area contributed by atoms with E-state index in [4.69, 9.17) is 24.9 Å². The van der Waals surface area contributed by atoms with Gasteiger partial charge >= 0.3 is 0 Å². The highest BCUT2D eigenvalue weighted by Gasteiger charge is 2.17. The van der Waals surface area contributed by atoms with Crippen LogP contribution in [0.15, 0.2) is 164 Å². The van der Waals surface area contributed by atoms with Gasteiger partial charge in [-0.15, -0.1) is 11.3 Å². The predicted molar refractivity (Wildman–Crippen MR) is 201 cm³/mol. The molecule has 0 aliphatic carbocycles. The number of nitrogens with zero attached hydrogens (tertiary/aromatic N) is 5. The highest BCUT2D eigenvalue weighted by atomic mass is 32.1. The summed E-state index contributed by atoms with van der Waals surface area (Å²) in [6, 6.07) is 53.9. The monoisotopic (exact) mass is 645 g/mol. The van der Waals surface area contributed by atoms with Crippen LogP contribution in [0.3, 0.4) is 0 Å². The van der Waals surface area contributed by atoms with Crippen LogP contribution in [-0.2, 0) is 0 Å². The Kier molecular flexibility index (Phi) is 7.26. The molecule has 49 heavy (non-hydrogen) atoms. The van der Waals surface area contributed by atoms with Crippen molar-refractivity contribution in [3.63, 3.8) is 0 Å². The van der Waals surface area contributed by atoms with Gasteiger partial charge in [0.2, 0.25) is 0 Å². The van der Waals surface area contributed by atoms with Crippen molar-refractivity contribution in [3.8, 4) is 67.9 Å². The molecular formula is C43H27N5S. The molecule has 0 aliphatic rings. The zero-order valence-electron chi connectivity index (χ0n) is 26.2. The van der Waals surface area contributed by atoms with Crippen LogP contribution in [0.5, 0.6) is 0 Å². The lowest BCUT2D eigenvalue weighted by atomic mass is 10.0. The minimum atomic E-state index is 0.495. The van der Waals surface area contributed by atoms with Gasteiger partial charge in [-0.05, 0) is 34.9 Å². The molecular weight excluding hydrogens is 619 g/mol. The maximum atomic E-state index is 5.17. The summed E-state index contributed by atoms with van der Waals surface area (Å²) in [5, 5.41) is 2.47. The van der Waals surface area contributed by atoms with Gasteiger partial charge in [0, 0.05) is 43.1 Å². The quantitative estimate of drug-likeness (QED) is 0.180. The molecule has 0 spiro atoms. The molecule has 0 aliphatic heterocycles. The van der Waals surface area contributed by atoms with Crippen LogP contribution in [0.4, 0.5) is 0 Å². The molecule has 230 valence electrons. The summed E-state index contributed by atoms with van der Waals surface area (Å²) in [4.78, 5) is 24.7. The zero-order valence-corrected chi connectivity index (χ0v) is 27.0. The Hall–Kier alpha value is -6.37. The van der Waals surface area contributed by atoms with Gasteiger partial charge in [-0.1, -0.05) is 140 Å². The van der Waals surface area contributed by atoms with Crippen LogP contribution in [0, 0.1) is 0 Å². The molecule has 0 amide bonds. The summed E-state index contributed by atoms with van der Waals surface area (Å²) in [5.41, 5.74) is 8.77. The van der Waals surface area contributed by atoms with E-state index in [1.165, 1.54) is 31.3 Å². The number of thiophene rings is 1. The number of hydrogen-bond acceptors (Lipinski definition) is 6. The van der Waals surface area contributed by atoms with Gasteiger partial charge in [-0.3, -0.25) is 4.98 Å². The molecule has 5 aromatic carbocycles. The van der Waals surface area contributed by atoms with E-state index < -0.39 is 0 Å². The van der Waals surface area contributed by atoms with Crippen LogP contribution >= 0.6 is 11.3 Å². The van der Waals surface area contributed by atoms with Gasteiger partial charge in [0.25, 0.3) is 0 Å². The van der Waals surface area contributed by atoms with Crippen LogP contribution < -0.4 is 0 Å². The molecule has 0 saturated carbocycles. The molecule has 5 nitrogen and oxygen atoms in total. The second-order valence-corrected chi connectivity index (χ2v) is 12.7. The average molecular weight is 646 g/mol. The molecule has 0 bridgehead atoms. The Morgan fingerprint density at radius 1 is 0.327 bits per heavy atom. The van der Waals surface area contributed by atoms with Gasteiger partial charge in [0.05, 0.1) is 5.69 Å². The lowest BCUT2D eigenvalue weighted by molar-refractivity contribution is 1.05. The summed E-state index contributed by atoms with van der Waals surface area (Å²) in [5.74, 6) is 1.56. The molecule has 4 aromatic heterocycles. The second kappa shape index (κ2) is 12.3. The third-order valence-corrected chi connectivity index (χ3v) is 9.92. The largest absolute Gasteiger partial charge is 0.252 e. The van der Waals surface area contributed by atoms with Gasteiger partial charge in [-0.2, -0.15) is 0 Å². The van der Waals surface area contributed by atoms with Crippen LogP contribution in [0.1, 0.15) is 0 Å². The molecule has 4 heterocycles. The van der Waals surface area contributed by atoms with Gasteiger partial charge in [0.15, 0.2) is 17.5 Å². The van der Waals surface area contributed by atoms with Gasteiger partial charge < -0.3 is 0 Å². The molecule has 6 heteroatoms. The van der Waals surface area contributed by atoms with Crippen molar-refractivity contribution < 1.29 is 0 Å². The van der Waals surface area contributed by atoms with Crippen molar-refractivity contribution in [1.29, 1.82) is 0 Å². The maximum absolute atomic E-state index is 5.17. The highest BCUT2D eigenvalue weighted by Crippen LogP contribution is 2.43. The summed E-state index contributed by atoms with van der Waals surface area (Å²) in [6.07, 6.45) is 1.87. The number of rotatable bonds is 6. The van der Waals surface area contributed by atoms with Crippen molar-refractivity contribution in [2.45, 2.75) is 0 Å². The topological polar surface area (TPSA) is 64.5 Å². The van der Waals surface area contributed by atoms with E-state index in [1.54, 1.807) is 0 Å². The fourth-order valence-electron chi connectivity index (χ4n) is 6.23. The smallest absolute Gasteiger partial charge is 0.182 e. The van der Waals surface area contributed by atoms with Crippen molar-refractivity contribution in [1.82, 2.24) is 24.9 Å². The molecule has 0 atom stereocenters. The fraction of sp³-hybridized carbons (Fsp3) is 0. The summed E-state index contributed by atoms with van der Waals surface area (Å²) >= 11 is 1.82. The van der Waals surface area contributed by atoms with Crippen LogP contribution in [-0.4, -0.2) is 24.9 Å². The number of pyridine rings is 2. The van der Waals surface area contributed by atoms with Crippen LogP contribution in [0.2, 0.25) is 0 Å². The van der Waals surface area contributed by atoms with Crippen molar-refractivity contribution in [2.75, 3.05) is 0 Å². The van der Waals surface area contributed by atoms with Crippen molar-refractivity contribution in [3.05, 3.63) is 164 Å². The Bertz CT molecular complexity index is 2580. The van der Waals surface area contributed by atoms with Gasteiger partial charge in [-0.25, -0.2) is 19.9 Å². The third-order valence-electron chi connectivity index (χ3n) is 8.63. The Labute approximate surface area is 287 Å². The van der Waals surface area contributed by atoms with E-state index in [0.29, 0.717) is 28.9 Å². The van der Waals surface area contributed by atoms with E-state index >= 15 is 0 Å². The van der Waals surface area contributed by atoms with Gasteiger partial charge in [0.1, 0.15) is 11.4 Å². The molecule has 0 N–H and O–H groups in total. The van der Waals surface area contributed by atoms with E-state index in [9.17, 15) is 0 Å². The van der Waals surface area contributed by atoms with E-state index in [0.717, 1.165) is 27.9 Å². The third kappa shape index (κ3) is 5.44. The Balaban J connectivity index is 1.16. The lowest BCUT2D eigenvalue weighted by Crippen LogP contribution is -2.02. The first-order valence-corrected chi connectivity index (χ1v) is 16.9. The number of benzene rings is 5. The first kappa shape index (κ1) is 28.8. The van der Waals surface area contributed by atoms with Crippen LogP contribution in [0.25, 0.3) is 88.1 Å². The zero-order chi connectivity index (χ0) is 32.6. The number of fused-ring (bicyclic) bond motifs is 3. The molecule has 9 aromatic rings. The molecule has 0 fully saturated rings. The lowest BCUT2D eigenvalue weighted by Gasteiger charge is -2.09. The first-order chi connectivity index (χ1) is 24.3. The summed E-state index contributed by atoms with van der Waals surface area (Å²) in [6.45, 7) is 0. The molecule has 9 rings (SSSR count). The first-order valence-electron chi connectivity index (χ1n) is 16.1. The number of hydrogen-bond donors (Lipinski definition) is 0. The van der Waals surface area contributed by atoms with Crippen molar-refractivity contribution in [2.24, 2.45) is 0 Å². The van der Waals surface area contributed by atoms with E-state index in [2.05, 4.69) is 91.0 Å². The standard InChI is InChI=1S/C43H27N5S/c1-4-13-28(14-5-1)31-25-26-37(44-27-31)42-46-41(30-17-8-3-9-18-30)47-43(48-42)38-24-12-23-36(45-38)35-22-11-21-34-33-20-10-19-32(39(33)49-40(34)35)29-15-6-2-7-16-29/h1-27H.